The van der Waals surface area contributed by atoms with Crippen molar-refractivity contribution in [3.05, 3.63) is 23.8 Å². The Morgan fingerprint density at radius 2 is 2.07 bits per heavy atom. The number of likely N-dealkylation sites (tertiary alicyclic amines) is 1. The lowest BCUT2D eigenvalue weighted by Crippen LogP contribution is -2.43. The summed E-state index contributed by atoms with van der Waals surface area (Å²) in [7, 11) is 0. The molecule has 2 heterocycles. The van der Waals surface area contributed by atoms with Gasteiger partial charge in [0.15, 0.2) is 0 Å². The summed E-state index contributed by atoms with van der Waals surface area (Å²) in [5, 5.41) is 0. The van der Waals surface area contributed by atoms with E-state index in [2.05, 4.69) is 14.9 Å². The second-order valence-corrected chi connectivity index (χ2v) is 3.70. The fourth-order valence-electron chi connectivity index (χ4n) is 1.72. The van der Waals surface area contributed by atoms with Crippen LogP contribution in [0, 0.1) is 6.92 Å². The highest BCUT2D eigenvalue weighted by Crippen LogP contribution is 2.23. The van der Waals surface area contributed by atoms with Gasteiger partial charge < -0.3 is 5.73 Å². The summed E-state index contributed by atoms with van der Waals surface area (Å²) in [5.74, 6) is 0.813. The van der Waals surface area contributed by atoms with Crippen LogP contribution in [0.3, 0.4) is 0 Å². The third-order valence-corrected chi connectivity index (χ3v) is 2.74. The van der Waals surface area contributed by atoms with Crippen LogP contribution >= 0.6 is 0 Å². The first-order valence-corrected chi connectivity index (χ1v) is 5.04. The number of aromatic nitrogens is 2. The van der Waals surface area contributed by atoms with Crippen molar-refractivity contribution in [2.75, 3.05) is 19.6 Å². The van der Waals surface area contributed by atoms with Crippen LogP contribution < -0.4 is 5.73 Å². The smallest absolute Gasteiger partial charge is 0.125 e. The van der Waals surface area contributed by atoms with Crippen molar-refractivity contribution in [1.82, 2.24) is 14.9 Å². The summed E-state index contributed by atoms with van der Waals surface area (Å²) in [6.45, 7) is 4.84. The molecule has 1 aromatic rings. The number of nitrogens with zero attached hydrogens (tertiary/aromatic N) is 3. The van der Waals surface area contributed by atoms with Gasteiger partial charge in [0.25, 0.3) is 0 Å². The molecule has 1 aliphatic rings. The summed E-state index contributed by atoms with van der Waals surface area (Å²) in [6.07, 6.45) is 5.06. The summed E-state index contributed by atoms with van der Waals surface area (Å²) in [5.41, 5.74) is 6.89. The molecule has 1 saturated heterocycles. The van der Waals surface area contributed by atoms with Gasteiger partial charge in [0, 0.05) is 37.6 Å². The standard InChI is InChI=1S/C10H16N4/c1-8-12-6-9(7-13-8)10(5-11)14-3-2-4-14/h6-7,10H,2-5,11H2,1H3. The minimum Gasteiger partial charge on any atom is -0.329 e. The Labute approximate surface area is 84.2 Å². The first-order chi connectivity index (χ1) is 6.81. The van der Waals surface area contributed by atoms with Crippen LogP contribution in [0.15, 0.2) is 12.4 Å². The van der Waals surface area contributed by atoms with E-state index in [0.29, 0.717) is 12.6 Å². The summed E-state index contributed by atoms with van der Waals surface area (Å²) >= 11 is 0. The van der Waals surface area contributed by atoms with E-state index >= 15 is 0 Å². The van der Waals surface area contributed by atoms with Crippen LogP contribution in [0.4, 0.5) is 0 Å². The Bertz CT molecular complexity index is 291. The van der Waals surface area contributed by atoms with Crippen molar-refractivity contribution >= 4 is 0 Å². The third kappa shape index (κ3) is 1.76. The molecular formula is C10H16N4. The lowest BCUT2D eigenvalue weighted by Gasteiger charge is -2.37. The Balaban J connectivity index is 2.14. The molecule has 4 heteroatoms. The Kier molecular flexibility index (Phi) is 2.74. The minimum absolute atomic E-state index is 0.310. The number of nitrogens with two attached hydrogens (primary N) is 1. The van der Waals surface area contributed by atoms with Gasteiger partial charge in [-0.05, 0) is 13.3 Å². The average molecular weight is 192 g/mol. The Hall–Kier alpha value is -1.00. The highest BCUT2D eigenvalue weighted by atomic mass is 15.2. The van der Waals surface area contributed by atoms with E-state index in [1.165, 1.54) is 6.42 Å². The van der Waals surface area contributed by atoms with Crippen LogP contribution in [0.25, 0.3) is 0 Å². The van der Waals surface area contributed by atoms with E-state index in [0.717, 1.165) is 24.5 Å². The molecule has 1 fully saturated rings. The van der Waals surface area contributed by atoms with Crippen LogP contribution in [0.1, 0.15) is 23.9 Å². The van der Waals surface area contributed by atoms with E-state index in [1.54, 1.807) is 0 Å². The minimum atomic E-state index is 0.310. The maximum Gasteiger partial charge on any atom is 0.125 e. The molecule has 1 aliphatic heterocycles. The molecule has 2 N–H and O–H groups in total. The molecule has 0 saturated carbocycles. The predicted molar refractivity (Wildman–Crippen MR) is 54.8 cm³/mol. The van der Waals surface area contributed by atoms with Crippen molar-refractivity contribution in [3.63, 3.8) is 0 Å². The molecule has 2 rings (SSSR count). The zero-order valence-electron chi connectivity index (χ0n) is 8.48. The van der Waals surface area contributed by atoms with Gasteiger partial charge in [-0.2, -0.15) is 0 Å². The van der Waals surface area contributed by atoms with Crippen molar-refractivity contribution in [2.45, 2.75) is 19.4 Å². The van der Waals surface area contributed by atoms with E-state index < -0.39 is 0 Å². The number of rotatable bonds is 3. The maximum absolute atomic E-state index is 5.76. The molecule has 0 bridgehead atoms. The topological polar surface area (TPSA) is 55.0 Å². The molecule has 1 aromatic heterocycles. The number of aryl methyl sites for hydroxylation is 1. The van der Waals surface area contributed by atoms with Gasteiger partial charge in [0.1, 0.15) is 5.82 Å². The second-order valence-electron chi connectivity index (χ2n) is 3.70. The molecule has 14 heavy (non-hydrogen) atoms. The fraction of sp³-hybridized carbons (Fsp3) is 0.600. The summed E-state index contributed by atoms with van der Waals surface area (Å²) in [6, 6.07) is 0.310. The first kappa shape index (κ1) is 9.55. The van der Waals surface area contributed by atoms with Gasteiger partial charge in [-0.3, -0.25) is 4.90 Å². The van der Waals surface area contributed by atoms with E-state index in [1.807, 2.05) is 19.3 Å². The van der Waals surface area contributed by atoms with Gasteiger partial charge in [-0.15, -0.1) is 0 Å². The third-order valence-electron chi connectivity index (χ3n) is 2.74. The van der Waals surface area contributed by atoms with Crippen LogP contribution in [0.5, 0.6) is 0 Å². The molecule has 0 aliphatic carbocycles. The van der Waals surface area contributed by atoms with E-state index in [-0.39, 0.29) is 0 Å². The normalized spacial score (nSPS) is 19.0. The molecule has 0 radical (unpaired) electrons. The number of hydrogen-bond donors (Lipinski definition) is 1. The molecular weight excluding hydrogens is 176 g/mol. The van der Waals surface area contributed by atoms with E-state index in [9.17, 15) is 0 Å². The van der Waals surface area contributed by atoms with Crippen molar-refractivity contribution in [1.29, 1.82) is 0 Å². The van der Waals surface area contributed by atoms with Gasteiger partial charge in [0.2, 0.25) is 0 Å². The van der Waals surface area contributed by atoms with Gasteiger partial charge in [0.05, 0.1) is 6.04 Å². The zero-order valence-corrected chi connectivity index (χ0v) is 8.48. The molecule has 1 unspecified atom stereocenters. The van der Waals surface area contributed by atoms with Crippen LogP contribution in [0.2, 0.25) is 0 Å². The van der Waals surface area contributed by atoms with Gasteiger partial charge in [-0.25, -0.2) is 9.97 Å². The van der Waals surface area contributed by atoms with E-state index in [4.69, 9.17) is 5.73 Å². The Morgan fingerprint density at radius 3 is 2.50 bits per heavy atom. The fourth-order valence-corrected chi connectivity index (χ4v) is 1.72. The van der Waals surface area contributed by atoms with Gasteiger partial charge in [-0.1, -0.05) is 0 Å². The zero-order chi connectivity index (χ0) is 9.97. The number of hydrogen-bond acceptors (Lipinski definition) is 4. The average Bonchev–Trinajstić information content (AvgIpc) is 2.13. The Morgan fingerprint density at radius 1 is 1.43 bits per heavy atom. The quantitative estimate of drug-likeness (QED) is 0.757. The maximum atomic E-state index is 5.76. The molecule has 0 aromatic carbocycles. The molecule has 0 amide bonds. The monoisotopic (exact) mass is 192 g/mol. The van der Waals surface area contributed by atoms with Crippen molar-refractivity contribution in [2.24, 2.45) is 5.73 Å². The first-order valence-electron chi connectivity index (χ1n) is 5.04. The molecule has 1 atom stereocenters. The lowest BCUT2D eigenvalue weighted by molar-refractivity contribution is 0.121. The summed E-state index contributed by atoms with van der Waals surface area (Å²) in [4.78, 5) is 10.8. The highest BCUT2D eigenvalue weighted by molar-refractivity contribution is 5.12. The van der Waals surface area contributed by atoms with Crippen LogP contribution in [-0.2, 0) is 0 Å². The van der Waals surface area contributed by atoms with Crippen LogP contribution in [-0.4, -0.2) is 34.5 Å². The highest BCUT2D eigenvalue weighted by Gasteiger charge is 2.24. The molecule has 4 nitrogen and oxygen atoms in total. The molecule has 76 valence electrons. The lowest BCUT2D eigenvalue weighted by atomic mass is 10.0. The van der Waals surface area contributed by atoms with Crippen molar-refractivity contribution < 1.29 is 0 Å². The largest absolute Gasteiger partial charge is 0.329 e. The van der Waals surface area contributed by atoms with Crippen molar-refractivity contribution in [3.8, 4) is 0 Å². The second kappa shape index (κ2) is 4.02. The van der Waals surface area contributed by atoms with Gasteiger partial charge >= 0.3 is 0 Å². The molecule has 0 spiro atoms. The summed E-state index contributed by atoms with van der Waals surface area (Å²) < 4.78 is 0. The predicted octanol–water partition coefficient (Wildman–Crippen LogP) is 0.491. The SMILES string of the molecule is Cc1ncc(C(CN)N2CCC2)cn1.